The van der Waals surface area contributed by atoms with Crippen molar-refractivity contribution in [2.75, 3.05) is 5.32 Å². The smallest absolute Gasteiger partial charge is 0.307 e. The third kappa shape index (κ3) is 3.58. The number of rotatable bonds is 3. The van der Waals surface area contributed by atoms with Crippen molar-refractivity contribution in [1.29, 1.82) is 5.26 Å². The van der Waals surface area contributed by atoms with Crippen molar-refractivity contribution in [3.05, 3.63) is 27.1 Å². The van der Waals surface area contributed by atoms with Gasteiger partial charge in [0.15, 0.2) is 0 Å². The van der Waals surface area contributed by atoms with Crippen LogP contribution in [-0.2, 0) is 22.4 Å². The van der Waals surface area contributed by atoms with Crippen LogP contribution in [-0.4, -0.2) is 17.0 Å². The van der Waals surface area contributed by atoms with Crippen LogP contribution in [0.25, 0.3) is 0 Å². The molecule has 132 valence electrons. The minimum Gasteiger partial charge on any atom is -0.481 e. The van der Waals surface area contributed by atoms with Gasteiger partial charge in [0.1, 0.15) is 11.1 Å². The van der Waals surface area contributed by atoms with E-state index >= 15 is 0 Å². The number of nitrogens with one attached hydrogen (secondary N) is 1. The van der Waals surface area contributed by atoms with E-state index in [0.717, 1.165) is 29.7 Å². The number of allylic oxidation sites excluding steroid dienone is 2. The first-order valence-corrected chi connectivity index (χ1v) is 9.53. The van der Waals surface area contributed by atoms with Gasteiger partial charge >= 0.3 is 5.97 Å². The summed E-state index contributed by atoms with van der Waals surface area (Å²) in [7, 11) is 0. The number of carbonyl (C=O) groups excluding carboxylic acids is 1. The van der Waals surface area contributed by atoms with Gasteiger partial charge in [-0.2, -0.15) is 5.26 Å². The molecule has 2 N–H and O–H groups in total. The second-order valence-electron chi connectivity index (χ2n) is 6.80. The van der Waals surface area contributed by atoms with Crippen LogP contribution in [0.2, 0.25) is 0 Å². The Balaban J connectivity index is 1.85. The maximum atomic E-state index is 12.7. The maximum Gasteiger partial charge on any atom is 0.307 e. The van der Waals surface area contributed by atoms with Crippen molar-refractivity contribution in [1.82, 2.24) is 0 Å². The number of halogens is 1. The number of fused-ring (bicyclic) bond motifs is 1. The summed E-state index contributed by atoms with van der Waals surface area (Å²) in [6.07, 6.45) is 4.97. The van der Waals surface area contributed by atoms with E-state index in [1.54, 1.807) is 6.08 Å². The number of carboxylic acid groups (broad SMARTS) is 1. The third-order valence-corrected chi connectivity index (χ3v) is 6.52. The number of aliphatic carboxylic acids is 1. The summed E-state index contributed by atoms with van der Waals surface area (Å²) < 4.78 is 0. The maximum absolute atomic E-state index is 12.7. The Morgan fingerprint density at radius 1 is 1.40 bits per heavy atom. The Morgan fingerprint density at radius 3 is 2.84 bits per heavy atom. The van der Waals surface area contributed by atoms with E-state index < -0.39 is 17.8 Å². The lowest BCUT2D eigenvalue weighted by Crippen LogP contribution is -2.35. The zero-order valence-corrected chi connectivity index (χ0v) is 15.4. The highest BCUT2D eigenvalue weighted by atomic mass is 35.5. The van der Waals surface area contributed by atoms with Gasteiger partial charge in [-0.05, 0) is 43.6 Å². The number of hydrogen-bond donors (Lipinski definition) is 2. The van der Waals surface area contributed by atoms with E-state index in [2.05, 4.69) is 18.3 Å². The fraction of sp³-hybridized carbons (Fsp3) is 0.500. The van der Waals surface area contributed by atoms with Gasteiger partial charge in [-0.3, -0.25) is 9.59 Å². The SMILES string of the molecule is C[C@@H]1CCc2sc(NC(=O)[C@@H]3CC(Cl)=CC[C@@H]3C(=O)O)c(C#N)c2C1. The number of nitriles is 1. The number of carboxylic acids is 1. The molecule has 5 nitrogen and oxygen atoms in total. The first-order chi connectivity index (χ1) is 11.9. The molecule has 1 amide bonds. The molecule has 25 heavy (non-hydrogen) atoms. The Kier molecular flexibility index (Phi) is 5.16. The Bertz CT molecular complexity index is 793. The van der Waals surface area contributed by atoms with Gasteiger partial charge in [-0.25, -0.2) is 0 Å². The van der Waals surface area contributed by atoms with Gasteiger partial charge in [0.25, 0.3) is 0 Å². The van der Waals surface area contributed by atoms with Gasteiger partial charge in [-0.15, -0.1) is 11.3 Å². The number of anilines is 1. The molecule has 2 aliphatic rings. The number of aryl methyl sites for hydroxylation is 1. The molecule has 0 aromatic carbocycles. The van der Waals surface area contributed by atoms with Crippen LogP contribution in [0.4, 0.5) is 5.00 Å². The standard InChI is InChI=1S/C18H19ClN2O3S/c1-9-2-5-15-12(6-9)14(8-20)17(25-15)21-16(22)13-7-10(19)3-4-11(13)18(23)24/h3,9,11,13H,2,4-7H2,1H3,(H,21,22)(H,23,24)/t9-,11+,13-/m1/s1. The fourth-order valence-corrected chi connectivity index (χ4v) is 5.02. The van der Waals surface area contributed by atoms with E-state index in [1.165, 1.54) is 11.3 Å². The molecule has 2 aliphatic carbocycles. The van der Waals surface area contributed by atoms with Gasteiger partial charge < -0.3 is 10.4 Å². The van der Waals surface area contributed by atoms with Crippen molar-refractivity contribution < 1.29 is 14.7 Å². The molecule has 0 aliphatic heterocycles. The van der Waals surface area contributed by atoms with Gasteiger partial charge in [0, 0.05) is 9.91 Å². The molecule has 0 unspecified atom stereocenters. The van der Waals surface area contributed by atoms with Crippen molar-refractivity contribution >= 4 is 39.8 Å². The number of hydrogen-bond acceptors (Lipinski definition) is 4. The number of amides is 1. The molecule has 1 heterocycles. The normalized spacial score (nSPS) is 25.5. The molecule has 1 aromatic rings. The summed E-state index contributed by atoms with van der Waals surface area (Å²) >= 11 is 7.47. The topological polar surface area (TPSA) is 90.2 Å². The minimum atomic E-state index is -1.000. The quantitative estimate of drug-likeness (QED) is 0.834. The molecular formula is C18H19ClN2O3S. The monoisotopic (exact) mass is 378 g/mol. The van der Waals surface area contributed by atoms with Crippen LogP contribution >= 0.6 is 22.9 Å². The zero-order valence-electron chi connectivity index (χ0n) is 13.8. The second-order valence-corrected chi connectivity index (χ2v) is 8.39. The predicted molar refractivity (Wildman–Crippen MR) is 96.6 cm³/mol. The average molecular weight is 379 g/mol. The van der Waals surface area contributed by atoms with Crippen molar-refractivity contribution in [3.8, 4) is 6.07 Å². The first kappa shape index (κ1) is 18.0. The second kappa shape index (κ2) is 7.19. The lowest BCUT2D eigenvalue weighted by atomic mass is 9.82. The highest BCUT2D eigenvalue weighted by molar-refractivity contribution is 7.16. The summed E-state index contributed by atoms with van der Waals surface area (Å²) in [5, 5.41) is 22.8. The van der Waals surface area contributed by atoms with Crippen LogP contribution in [0.15, 0.2) is 11.1 Å². The Hall–Kier alpha value is -1.84. The molecule has 7 heteroatoms. The number of carbonyl (C=O) groups is 2. The van der Waals surface area contributed by atoms with Gasteiger partial charge in [0.2, 0.25) is 5.91 Å². The van der Waals surface area contributed by atoms with Crippen LogP contribution < -0.4 is 5.32 Å². The zero-order chi connectivity index (χ0) is 18.1. The number of nitrogens with zero attached hydrogens (tertiary/aromatic N) is 1. The molecule has 1 aromatic heterocycles. The molecule has 0 radical (unpaired) electrons. The van der Waals surface area contributed by atoms with Crippen LogP contribution in [0, 0.1) is 29.1 Å². The summed E-state index contributed by atoms with van der Waals surface area (Å²) in [5.41, 5.74) is 1.57. The van der Waals surface area contributed by atoms with Crippen molar-refractivity contribution in [2.45, 2.75) is 39.0 Å². The molecule has 3 atom stereocenters. The molecule has 0 fully saturated rings. The average Bonchev–Trinajstić information content (AvgIpc) is 2.90. The predicted octanol–water partition coefficient (Wildman–Crippen LogP) is 3.92. The number of thiophene rings is 1. The summed E-state index contributed by atoms with van der Waals surface area (Å²) in [4.78, 5) is 25.3. The minimum absolute atomic E-state index is 0.217. The Labute approximate surface area is 155 Å². The molecule has 0 bridgehead atoms. The van der Waals surface area contributed by atoms with Crippen molar-refractivity contribution in [3.63, 3.8) is 0 Å². The van der Waals surface area contributed by atoms with Gasteiger partial charge in [-0.1, -0.05) is 24.6 Å². The van der Waals surface area contributed by atoms with E-state index in [0.29, 0.717) is 21.5 Å². The van der Waals surface area contributed by atoms with E-state index in [4.69, 9.17) is 11.6 Å². The summed E-state index contributed by atoms with van der Waals surface area (Å²) in [5.74, 6) is -2.36. The molecule has 0 saturated carbocycles. The molecule has 0 spiro atoms. The van der Waals surface area contributed by atoms with Crippen LogP contribution in [0.1, 0.15) is 42.2 Å². The van der Waals surface area contributed by atoms with Gasteiger partial charge in [0.05, 0.1) is 17.4 Å². The highest BCUT2D eigenvalue weighted by Gasteiger charge is 2.37. The summed E-state index contributed by atoms with van der Waals surface area (Å²) in [6, 6.07) is 2.22. The Morgan fingerprint density at radius 2 is 2.16 bits per heavy atom. The van der Waals surface area contributed by atoms with E-state index in [1.807, 2.05) is 0 Å². The first-order valence-electron chi connectivity index (χ1n) is 8.33. The van der Waals surface area contributed by atoms with E-state index in [-0.39, 0.29) is 18.7 Å². The molecular weight excluding hydrogens is 360 g/mol. The van der Waals surface area contributed by atoms with Crippen molar-refractivity contribution in [2.24, 2.45) is 17.8 Å². The van der Waals surface area contributed by atoms with Crippen LogP contribution in [0.3, 0.4) is 0 Å². The fourth-order valence-electron chi connectivity index (χ4n) is 3.57. The highest BCUT2D eigenvalue weighted by Crippen LogP contribution is 2.40. The van der Waals surface area contributed by atoms with Crippen LogP contribution in [0.5, 0.6) is 0 Å². The molecule has 0 saturated heterocycles. The summed E-state index contributed by atoms with van der Waals surface area (Å²) in [6.45, 7) is 2.16. The lowest BCUT2D eigenvalue weighted by molar-refractivity contribution is -0.146. The third-order valence-electron chi connectivity index (χ3n) is 5.00. The lowest BCUT2D eigenvalue weighted by Gasteiger charge is -2.25. The van der Waals surface area contributed by atoms with E-state index in [9.17, 15) is 20.0 Å². The largest absolute Gasteiger partial charge is 0.481 e. The molecule has 3 rings (SSSR count).